The van der Waals surface area contributed by atoms with E-state index in [0.717, 1.165) is 34.3 Å². The molecule has 0 atom stereocenters. The van der Waals surface area contributed by atoms with Crippen LogP contribution in [0.1, 0.15) is 6.92 Å². The molecule has 0 aromatic carbocycles. The highest BCUT2D eigenvalue weighted by Gasteiger charge is 2.35. The maximum Gasteiger partial charge on any atom is 0.112 e. The molecule has 1 fully saturated rings. The Hall–Kier alpha value is -1.20. The Morgan fingerprint density at radius 3 is 2.88 bits per heavy atom. The van der Waals surface area contributed by atoms with Gasteiger partial charge in [0.1, 0.15) is 5.52 Å². The zero-order chi connectivity index (χ0) is 12.0. The van der Waals surface area contributed by atoms with E-state index in [9.17, 15) is 0 Å². The minimum absolute atomic E-state index is 0.0784. The number of nitrogens with two attached hydrogens (primary N) is 1. The first-order valence-corrected chi connectivity index (χ1v) is 6.29. The number of nitrogens with zero attached hydrogens (tertiary/aromatic N) is 3. The summed E-state index contributed by atoms with van der Waals surface area (Å²) in [5.41, 5.74) is 8.91. The fourth-order valence-corrected chi connectivity index (χ4v) is 2.56. The summed E-state index contributed by atoms with van der Waals surface area (Å²) >= 11 is 3.41. The maximum atomic E-state index is 6.03. The van der Waals surface area contributed by atoms with Crippen LogP contribution in [0, 0.1) is 0 Å². The fourth-order valence-electron chi connectivity index (χ4n) is 2.24. The molecule has 0 bridgehead atoms. The van der Waals surface area contributed by atoms with E-state index in [-0.39, 0.29) is 5.54 Å². The molecule has 88 valence electrons. The van der Waals surface area contributed by atoms with Gasteiger partial charge >= 0.3 is 0 Å². The summed E-state index contributed by atoms with van der Waals surface area (Å²) in [5, 5.41) is 0. The third-order valence-electron chi connectivity index (χ3n) is 2.97. The second kappa shape index (κ2) is 3.65. The van der Waals surface area contributed by atoms with Crippen LogP contribution in [0.3, 0.4) is 0 Å². The summed E-state index contributed by atoms with van der Waals surface area (Å²) < 4.78 is 0.946. The highest BCUT2D eigenvalue weighted by atomic mass is 79.9. The molecule has 3 rings (SSSR count). The number of hydrogen-bond acceptors (Lipinski definition) is 4. The van der Waals surface area contributed by atoms with Crippen molar-refractivity contribution < 1.29 is 0 Å². The van der Waals surface area contributed by atoms with Crippen LogP contribution in [-0.4, -0.2) is 28.6 Å². The number of rotatable bonds is 1. The third kappa shape index (κ3) is 1.89. The highest BCUT2D eigenvalue weighted by molar-refractivity contribution is 9.10. The van der Waals surface area contributed by atoms with E-state index in [1.165, 1.54) is 0 Å². The largest absolute Gasteiger partial charge is 0.366 e. The zero-order valence-corrected chi connectivity index (χ0v) is 11.1. The molecular weight excluding hydrogens is 280 g/mol. The van der Waals surface area contributed by atoms with E-state index in [1.54, 1.807) is 6.20 Å². The summed E-state index contributed by atoms with van der Waals surface area (Å²) in [6.45, 7) is 3.80. The first-order chi connectivity index (χ1) is 8.05. The zero-order valence-electron chi connectivity index (χ0n) is 9.52. The minimum atomic E-state index is -0.0784. The normalized spacial score (nSPS) is 18.2. The molecule has 0 spiro atoms. The van der Waals surface area contributed by atoms with Gasteiger partial charge < -0.3 is 10.6 Å². The van der Waals surface area contributed by atoms with E-state index >= 15 is 0 Å². The van der Waals surface area contributed by atoms with E-state index in [4.69, 9.17) is 5.73 Å². The molecule has 1 aliphatic rings. The van der Waals surface area contributed by atoms with Crippen LogP contribution in [-0.2, 0) is 0 Å². The number of hydrogen-bond donors (Lipinski definition) is 1. The summed E-state index contributed by atoms with van der Waals surface area (Å²) in [6.07, 6.45) is 3.62. The van der Waals surface area contributed by atoms with Crippen LogP contribution in [0.5, 0.6) is 0 Å². The SMILES string of the molecule is CC1(N)CN(c2ccnc3cc(Br)cnc23)C1. The molecule has 1 saturated heterocycles. The summed E-state index contributed by atoms with van der Waals surface area (Å²) in [6, 6.07) is 3.98. The maximum absolute atomic E-state index is 6.03. The van der Waals surface area contributed by atoms with Gasteiger partial charge in [-0.2, -0.15) is 0 Å². The quantitative estimate of drug-likeness (QED) is 0.873. The number of fused-ring (bicyclic) bond motifs is 1. The van der Waals surface area contributed by atoms with Gasteiger partial charge in [-0.3, -0.25) is 9.97 Å². The Kier molecular flexibility index (Phi) is 2.34. The Balaban J connectivity index is 2.06. The van der Waals surface area contributed by atoms with Gasteiger partial charge in [0, 0.05) is 35.5 Å². The van der Waals surface area contributed by atoms with Crippen LogP contribution < -0.4 is 10.6 Å². The van der Waals surface area contributed by atoms with Crippen molar-refractivity contribution in [1.29, 1.82) is 0 Å². The smallest absolute Gasteiger partial charge is 0.112 e. The molecule has 2 N–H and O–H groups in total. The second-order valence-corrected chi connectivity index (χ2v) is 5.78. The van der Waals surface area contributed by atoms with Gasteiger partial charge in [0.2, 0.25) is 0 Å². The molecule has 1 aliphatic heterocycles. The van der Waals surface area contributed by atoms with Crippen molar-refractivity contribution in [2.24, 2.45) is 5.73 Å². The van der Waals surface area contributed by atoms with Crippen molar-refractivity contribution in [2.45, 2.75) is 12.5 Å². The molecule has 0 aliphatic carbocycles. The van der Waals surface area contributed by atoms with Crippen LogP contribution >= 0.6 is 15.9 Å². The molecule has 0 unspecified atom stereocenters. The standard InChI is InChI=1S/C12H13BrN4/c1-12(14)6-17(7-12)10-2-3-15-9-4-8(13)5-16-11(9)10/h2-5H,6-7,14H2,1H3. The lowest BCUT2D eigenvalue weighted by molar-refractivity contribution is 0.366. The summed E-state index contributed by atoms with van der Waals surface area (Å²) in [5.74, 6) is 0. The van der Waals surface area contributed by atoms with Crippen LogP contribution in [0.4, 0.5) is 5.69 Å². The molecule has 0 radical (unpaired) electrons. The van der Waals surface area contributed by atoms with Gasteiger partial charge in [0.05, 0.1) is 11.2 Å². The number of anilines is 1. The summed E-state index contributed by atoms with van der Waals surface area (Å²) in [7, 11) is 0. The fraction of sp³-hybridized carbons (Fsp3) is 0.333. The number of aromatic nitrogens is 2. The third-order valence-corrected chi connectivity index (χ3v) is 3.40. The van der Waals surface area contributed by atoms with E-state index in [2.05, 4.69) is 37.7 Å². The molecule has 0 amide bonds. The van der Waals surface area contributed by atoms with Gasteiger partial charge in [-0.15, -0.1) is 0 Å². The van der Waals surface area contributed by atoms with Gasteiger partial charge in [0.25, 0.3) is 0 Å². The number of halogens is 1. The van der Waals surface area contributed by atoms with Gasteiger partial charge in [-0.25, -0.2) is 0 Å². The average molecular weight is 293 g/mol. The topological polar surface area (TPSA) is 55.0 Å². The average Bonchev–Trinajstić information content (AvgIpc) is 2.24. The number of pyridine rings is 2. The van der Waals surface area contributed by atoms with Crippen molar-refractivity contribution >= 4 is 32.7 Å². The molecule has 17 heavy (non-hydrogen) atoms. The van der Waals surface area contributed by atoms with Gasteiger partial charge in [-0.1, -0.05) is 0 Å². The molecule has 3 heterocycles. The van der Waals surface area contributed by atoms with Crippen molar-refractivity contribution in [2.75, 3.05) is 18.0 Å². The van der Waals surface area contributed by atoms with E-state index in [0.29, 0.717) is 0 Å². The molecular formula is C12H13BrN4. The first-order valence-electron chi connectivity index (χ1n) is 5.49. The summed E-state index contributed by atoms with van der Waals surface area (Å²) in [4.78, 5) is 11.0. The van der Waals surface area contributed by atoms with Crippen LogP contribution in [0.2, 0.25) is 0 Å². The Morgan fingerprint density at radius 1 is 1.41 bits per heavy atom. The molecule has 4 nitrogen and oxygen atoms in total. The lowest BCUT2D eigenvalue weighted by Crippen LogP contribution is -2.65. The van der Waals surface area contributed by atoms with Crippen LogP contribution in [0.15, 0.2) is 29.0 Å². The molecule has 2 aromatic rings. The minimum Gasteiger partial charge on any atom is -0.366 e. The van der Waals surface area contributed by atoms with Crippen molar-refractivity contribution in [1.82, 2.24) is 9.97 Å². The van der Waals surface area contributed by atoms with Crippen LogP contribution in [0.25, 0.3) is 11.0 Å². The van der Waals surface area contributed by atoms with Crippen molar-refractivity contribution in [3.63, 3.8) is 0 Å². The van der Waals surface area contributed by atoms with E-state index in [1.807, 2.05) is 18.3 Å². The predicted octanol–water partition coefficient (Wildman–Crippen LogP) is 1.93. The van der Waals surface area contributed by atoms with Crippen molar-refractivity contribution in [3.8, 4) is 0 Å². The van der Waals surface area contributed by atoms with Gasteiger partial charge in [0.15, 0.2) is 0 Å². The van der Waals surface area contributed by atoms with Crippen molar-refractivity contribution in [3.05, 3.63) is 29.0 Å². The Morgan fingerprint density at radius 2 is 2.18 bits per heavy atom. The lowest BCUT2D eigenvalue weighted by Gasteiger charge is -2.47. The van der Waals surface area contributed by atoms with E-state index < -0.39 is 0 Å². The molecule has 2 aromatic heterocycles. The monoisotopic (exact) mass is 292 g/mol. The Bertz CT molecular complexity index is 574. The molecule has 5 heteroatoms. The first kappa shape index (κ1) is 10.9. The molecule has 0 saturated carbocycles. The van der Waals surface area contributed by atoms with Gasteiger partial charge in [-0.05, 0) is 35.0 Å². The highest BCUT2D eigenvalue weighted by Crippen LogP contribution is 2.30. The predicted molar refractivity (Wildman–Crippen MR) is 72.0 cm³/mol. The second-order valence-electron chi connectivity index (χ2n) is 4.86. The Labute approximate surface area is 108 Å². The lowest BCUT2D eigenvalue weighted by atomic mass is 9.93.